The van der Waals surface area contributed by atoms with Gasteiger partial charge >= 0.3 is 0 Å². The van der Waals surface area contributed by atoms with Crippen LogP contribution in [0.4, 0.5) is 4.79 Å². The standard InChI is InChI=1S/C8H12INO2/c1-6(11)7-2-4-10(5-3-7)8(9)12/h7H,2-5H2,1H3. The van der Waals surface area contributed by atoms with Crippen molar-refractivity contribution < 1.29 is 9.59 Å². The fourth-order valence-electron chi connectivity index (χ4n) is 1.46. The molecule has 1 rings (SSSR count). The number of carbonyl (C=O) groups excluding carboxylic acids is 2. The summed E-state index contributed by atoms with van der Waals surface area (Å²) in [7, 11) is 0. The van der Waals surface area contributed by atoms with Crippen LogP contribution in [0.15, 0.2) is 0 Å². The quantitative estimate of drug-likeness (QED) is 0.418. The van der Waals surface area contributed by atoms with Gasteiger partial charge in [0, 0.05) is 41.6 Å². The summed E-state index contributed by atoms with van der Waals surface area (Å²) >= 11 is 1.79. The van der Waals surface area contributed by atoms with Crippen molar-refractivity contribution >= 4 is 32.3 Å². The lowest BCUT2D eigenvalue weighted by atomic mass is 9.94. The van der Waals surface area contributed by atoms with E-state index in [0.29, 0.717) is 0 Å². The van der Waals surface area contributed by atoms with Crippen LogP contribution in [0.5, 0.6) is 0 Å². The summed E-state index contributed by atoms with van der Waals surface area (Å²) in [6.07, 6.45) is 1.67. The summed E-state index contributed by atoms with van der Waals surface area (Å²) in [5.74, 6) is 0.451. The van der Waals surface area contributed by atoms with Crippen LogP contribution in [0.2, 0.25) is 0 Å². The first-order valence-corrected chi connectivity index (χ1v) is 5.14. The molecule has 0 aromatic carbocycles. The Morgan fingerprint density at radius 1 is 1.33 bits per heavy atom. The van der Waals surface area contributed by atoms with E-state index in [4.69, 9.17) is 0 Å². The number of carbonyl (C=O) groups is 2. The third kappa shape index (κ3) is 2.43. The van der Waals surface area contributed by atoms with Gasteiger partial charge in [0.25, 0.3) is 3.91 Å². The van der Waals surface area contributed by atoms with Crippen LogP contribution in [0.1, 0.15) is 19.8 Å². The lowest BCUT2D eigenvalue weighted by Gasteiger charge is -2.29. The molecule has 12 heavy (non-hydrogen) atoms. The van der Waals surface area contributed by atoms with Crippen molar-refractivity contribution in [1.29, 1.82) is 0 Å². The minimum absolute atomic E-state index is 0.0922. The maximum absolute atomic E-state index is 11.0. The second-order valence-electron chi connectivity index (χ2n) is 3.12. The fourth-order valence-corrected chi connectivity index (χ4v) is 1.94. The van der Waals surface area contributed by atoms with E-state index < -0.39 is 0 Å². The molecule has 3 nitrogen and oxygen atoms in total. The van der Waals surface area contributed by atoms with Crippen molar-refractivity contribution in [2.24, 2.45) is 5.92 Å². The molecule has 1 amide bonds. The molecule has 0 unspecified atom stereocenters. The first-order valence-electron chi connectivity index (χ1n) is 4.06. The van der Waals surface area contributed by atoms with Gasteiger partial charge in [0.2, 0.25) is 0 Å². The molecule has 0 atom stereocenters. The topological polar surface area (TPSA) is 37.4 Å². The number of Topliss-reactive ketones (excluding diaryl/α,β-unsaturated/α-hetero) is 1. The number of hydrogen-bond acceptors (Lipinski definition) is 2. The highest BCUT2D eigenvalue weighted by Gasteiger charge is 2.23. The van der Waals surface area contributed by atoms with E-state index in [1.54, 1.807) is 34.4 Å². The van der Waals surface area contributed by atoms with Crippen LogP contribution in [0.3, 0.4) is 0 Å². The minimum atomic E-state index is 0.0922. The molecular weight excluding hydrogens is 269 g/mol. The summed E-state index contributed by atoms with van der Waals surface area (Å²) in [6.45, 7) is 3.12. The fraction of sp³-hybridized carbons (Fsp3) is 0.750. The molecule has 0 N–H and O–H groups in total. The Hall–Kier alpha value is -0.130. The van der Waals surface area contributed by atoms with Crippen molar-refractivity contribution in [2.45, 2.75) is 19.8 Å². The molecular formula is C8H12INO2. The van der Waals surface area contributed by atoms with Gasteiger partial charge < -0.3 is 4.90 Å². The number of amides is 1. The summed E-state index contributed by atoms with van der Waals surface area (Å²) in [5.41, 5.74) is 0. The Balaban J connectivity index is 2.39. The molecule has 1 heterocycles. The lowest BCUT2D eigenvalue weighted by Crippen LogP contribution is -2.36. The molecule has 1 saturated heterocycles. The van der Waals surface area contributed by atoms with Crippen molar-refractivity contribution in [3.63, 3.8) is 0 Å². The summed E-state index contributed by atoms with van der Waals surface area (Å²) in [4.78, 5) is 23.7. The smallest absolute Gasteiger partial charge is 0.283 e. The average molecular weight is 281 g/mol. The zero-order chi connectivity index (χ0) is 9.14. The largest absolute Gasteiger partial charge is 0.334 e. The molecule has 0 bridgehead atoms. The highest BCUT2D eigenvalue weighted by Crippen LogP contribution is 2.19. The molecule has 4 heteroatoms. The van der Waals surface area contributed by atoms with Crippen LogP contribution >= 0.6 is 22.6 Å². The van der Waals surface area contributed by atoms with E-state index >= 15 is 0 Å². The number of piperidine rings is 1. The second-order valence-corrected chi connectivity index (χ2v) is 4.05. The number of hydrogen-bond donors (Lipinski definition) is 0. The van der Waals surface area contributed by atoms with E-state index in [1.165, 1.54) is 0 Å². The minimum Gasteiger partial charge on any atom is -0.334 e. The van der Waals surface area contributed by atoms with Gasteiger partial charge in [-0.15, -0.1) is 0 Å². The summed E-state index contributed by atoms with van der Waals surface area (Å²) in [5, 5.41) is 0. The van der Waals surface area contributed by atoms with Crippen LogP contribution < -0.4 is 0 Å². The van der Waals surface area contributed by atoms with Gasteiger partial charge in [-0.1, -0.05) is 0 Å². The first kappa shape index (κ1) is 9.95. The number of nitrogens with zero attached hydrogens (tertiary/aromatic N) is 1. The number of halogens is 1. The number of likely N-dealkylation sites (tertiary alicyclic amines) is 1. The molecule has 0 aromatic heterocycles. The predicted octanol–water partition coefficient (Wildman–Crippen LogP) is 1.84. The van der Waals surface area contributed by atoms with E-state index in [1.807, 2.05) is 0 Å². The molecule has 1 aliphatic rings. The first-order chi connectivity index (χ1) is 5.61. The third-order valence-corrected chi connectivity index (χ3v) is 3.00. The Labute approximate surface area is 85.6 Å². The monoisotopic (exact) mass is 281 g/mol. The number of rotatable bonds is 1. The normalized spacial score (nSPS) is 19.3. The van der Waals surface area contributed by atoms with Gasteiger partial charge in [0.1, 0.15) is 5.78 Å². The molecule has 0 aromatic rings. The Kier molecular flexibility index (Phi) is 3.49. The van der Waals surface area contributed by atoms with Gasteiger partial charge in [0.05, 0.1) is 0 Å². The maximum atomic E-state index is 11.0. The molecule has 68 valence electrons. The lowest BCUT2D eigenvalue weighted by molar-refractivity contribution is -0.121. The van der Waals surface area contributed by atoms with Crippen LogP contribution in [0.25, 0.3) is 0 Å². The van der Waals surface area contributed by atoms with E-state index in [9.17, 15) is 9.59 Å². The van der Waals surface area contributed by atoms with Crippen LogP contribution in [-0.4, -0.2) is 27.7 Å². The second kappa shape index (κ2) is 4.20. The zero-order valence-corrected chi connectivity index (χ0v) is 9.20. The highest BCUT2D eigenvalue weighted by molar-refractivity contribution is 14.1. The highest BCUT2D eigenvalue weighted by atomic mass is 127. The molecule has 0 aliphatic carbocycles. The predicted molar refractivity (Wildman–Crippen MR) is 54.4 cm³/mol. The molecule has 1 fully saturated rings. The third-order valence-electron chi connectivity index (χ3n) is 2.32. The summed E-state index contributed by atoms with van der Waals surface area (Å²) < 4.78 is 0.0922. The summed E-state index contributed by atoms with van der Waals surface area (Å²) in [6, 6.07) is 0. The van der Waals surface area contributed by atoms with Gasteiger partial charge in [-0.05, 0) is 19.8 Å². The zero-order valence-electron chi connectivity index (χ0n) is 7.05. The van der Waals surface area contributed by atoms with Crippen LogP contribution in [0, 0.1) is 5.92 Å². The Morgan fingerprint density at radius 2 is 1.83 bits per heavy atom. The van der Waals surface area contributed by atoms with Gasteiger partial charge in [0.15, 0.2) is 0 Å². The molecule has 0 saturated carbocycles. The van der Waals surface area contributed by atoms with Crippen LogP contribution in [-0.2, 0) is 4.79 Å². The molecule has 0 radical (unpaired) electrons. The van der Waals surface area contributed by atoms with Crippen molar-refractivity contribution in [3.8, 4) is 0 Å². The van der Waals surface area contributed by atoms with Crippen molar-refractivity contribution in [2.75, 3.05) is 13.1 Å². The molecule has 0 spiro atoms. The Bertz CT molecular complexity index is 175. The SMILES string of the molecule is CC(=O)C1CCN(C(=O)I)CC1. The van der Waals surface area contributed by atoms with Gasteiger partial charge in [-0.2, -0.15) is 0 Å². The Morgan fingerprint density at radius 3 is 2.17 bits per heavy atom. The van der Waals surface area contributed by atoms with E-state index in [2.05, 4.69) is 0 Å². The van der Waals surface area contributed by atoms with E-state index in [-0.39, 0.29) is 15.6 Å². The number of ketones is 1. The van der Waals surface area contributed by atoms with Crippen molar-refractivity contribution in [3.05, 3.63) is 0 Å². The average Bonchev–Trinajstić information content (AvgIpc) is 2.04. The van der Waals surface area contributed by atoms with Crippen molar-refractivity contribution in [1.82, 2.24) is 4.90 Å². The van der Waals surface area contributed by atoms with Gasteiger partial charge in [-0.3, -0.25) is 9.59 Å². The van der Waals surface area contributed by atoms with E-state index in [0.717, 1.165) is 25.9 Å². The molecule has 1 aliphatic heterocycles. The van der Waals surface area contributed by atoms with Gasteiger partial charge in [-0.25, -0.2) is 0 Å². The maximum Gasteiger partial charge on any atom is 0.283 e.